The van der Waals surface area contributed by atoms with Crippen molar-refractivity contribution in [2.45, 2.75) is 6.92 Å². The first-order chi connectivity index (χ1) is 8.20. The van der Waals surface area contributed by atoms with E-state index in [1.54, 1.807) is 18.3 Å². The number of rotatable bonds is 3. The Kier molecular flexibility index (Phi) is 3.54. The summed E-state index contributed by atoms with van der Waals surface area (Å²) in [7, 11) is 0. The lowest BCUT2D eigenvalue weighted by atomic mass is 10.1. The number of nitrogens with zero attached hydrogens (tertiary/aromatic N) is 2. The highest BCUT2D eigenvalue weighted by atomic mass is 35.5. The molecular weight excluding hydrogens is 241 g/mol. The standard InChI is InChI=1S/C12H11ClFN3/c1-2-15-12-7-16-11(6-17-12)9-4-3-8(13)5-10(9)14/h3-7H,2H2,1H3,(H,15,17). The molecule has 17 heavy (non-hydrogen) atoms. The minimum Gasteiger partial charge on any atom is -0.369 e. The highest BCUT2D eigenvalue weighted by Gasteiger charge is 2.07. The number of aromatic nitrogens is 2. The molecule has 0 bridgehead atoms. The minimum atomic E-state index is -0.400. The second-order valence-electron chi connectivity index (χ2n) is 3.44. The van der Waals surface area contributed by atoms with Gasteiger partial charge in [-0.2, -0.15) is 0 Å². The molecule has 1 N–H and O–H groups in total. The van der Waals surface area contributed by atoms with Crippen LogP contribution in [0.5, 0.6) is 0 Å². The highest BCUT2D eigenvalue weighted by Crippen LogP contribution is 2.23. The molecule has 2 rings (SSSR count). The molecule has 0 saturated heterocycles. The molecule has 0 radical (unpaired) electrons. The molecule has 1 aromatic carbocycles. The Balaban J connectivity index is 2.33. The van der Waals surface area contributed by atoms with Gasteiger partial charge in [0.25, 0.3) is 0 Å². The maximum Gasteiger partial charge on any atom is 0.144 e. The van der Waals surface area contributed by atoms with Gasteiger partial charge < -0.3 is 5.32 Å². The third kappa shape index (κ3) is 2.71. The van der Waals surface area contributed by atoms with E-state index in [0.29, 0.717) is 22.1 Å². The summed E-state index contributed by atoms with van der Waals surface area (Å²) in [5.74, 6) is 0.272. The van der Waals surface area contributed by atoms with Gasteiger partial charge in [0.2, 0.25) is 0 Å². The van der Waals surface area contributed by atoms with Crippen LogP contribution in [0.1, 0.15) is 6.92 Å². The summed E-state index contributed by atoms with van der Waals surface area (Å²) in [5.41, 5.74) is 0.880. The SMILES string of the molecule is CCNc1cnc(-c2ccc(Cl)cc2F)cn1. The van der Waals surface area contributed by atoms with Gasteiger partial charge in [-0.3, -0.25) is 4.98 Å². The number of benzene rings is 1. The summed E-state index contributed by atoms with van der Waals surface area (Å²) in [6.07, 6.45) is 3.11. The average Bonchev–Trinajstić information content (AvgIpc) is 2.31. The van der Waals surface area contributed by atoms with Crippen LogP contribution in [0.25, 0.3) is 11.3 Å². The molecule has 0 unspecified atom stereocenters. The lowest BCUT2D eigenvalue weighted by Gasteiger charge is -2.05. The van der Waals surface area contributed by atoms with Crippen LogP contribution in [0.2, 0.25) is 5.02 Å². The zero-order valence-corrected chi connectivity index (χ0v) is 10.0. The first kappa shape index (κ1) is 11.8. The lowest BCUT2D eigenvalue weighted by molar-refractivity contribution is 0.630. The summed E-state index contributed by atoms with van der Waals surface area (Å²) < 4.78 is 13.6. The van der Waals surface area contributed by atoms with Crippen LogP contribution in [0.3, 0.4) is 0 Å². The maximum absolute atomic E-state index is 13.6. The molecule has 3 nitrogen and oxygen atoms in total. The van der Waals surface area contributed by atoms with E-state index in [9.17, 15) is 4.39 Å². The minimum absolute atomic E-state index is 0.364. The van der Waals surface area contributed by atoms with Crippen molar-refractivity contribution in [3.8, 4) is 11.3 Å². The van der Waals surface area contributed by atoms with Crippen LogP contribution >= 0.6 is 11.6 Å². The van der Waals surface area contributed by atoms with E-state index >= 15 is 0 Å². The second-order valence-corrected chi connectivity index (χ2v) is 3.88. The van der Waals surface area contributed by atoms with E-state index in [1.807, 2.05) is 6.92 Å². The van der Waals surface area contributed by atoms with Crippen LogP contribution < -0.4 is 5.32 Å². The molecular formula is C12H11ClFN3. The molecule has 5 heteroatoms. The third-order valence-electron chi connectivity index (χ3n) is 2.22. The van der Waals surface area contributed by atoms with Crippen molar-refractivity contribution in [3.05, 3.63) is 41.4 Å². The largest absolute Gasteiger partial charge is 0.369 e. The second kappa shape index (κ2) is 5.10. The third-order valence-corrected chi connectivity index (χ3v) is 2.45. The summed E-state index contributed by atoms with van der Waals surface area (Å²) in [5, 5.41) is 3.39. The van der Waals surface area contributed by atoms with Gasteiger partial charge >= 0.3 is 0 Å². The van der Waals surface area contributed by atoms with Crippen molar-refractivity contribution in [1.82, 2.24) is 9.97 Å². The van der Waals surface area contributed by atoms with Crippen molar-refractivity contribution in [1.29, 1.82) is 0 Å². The Labute approximate surface area is 104 Å². The topological polar surface area (TPSA) is 37.8 Å². The monoisotopic (exact) mass is 251 g/mol. The number of nitrogens with one attached hydrogen (secondary N) is 1. The summed E-state index contributed by atoms with van der Waals surface area (Å²) in [4.78, 5) is 8.29. The van der Waals surface area contributed by atoms with Crippen molar-refractivity contribution < 1.29 is 4.39 Å². The number of anilines is 1. The van der Waals surface area contributed by atoms with Crippen molar-refractivity contribution in [2.75, 3.05) is 11.9 Å². The normalized spacial score (nSPS) is 10.3. The van der Waals surface area contributed by atoms with Gasteiger partial charge in [-0.05, 0) is 25.1 Å². The van der Waals surface area contributed by atoms with Crippen molar-refractivity contribution >= 4 is 17.4 Å². The molecule has 0 fully saturated rings. The Morgan fingerprint density at radius 2 is 2.12 bits per heavy atom. The van der Waals surface area contributed by atoms with Crippen molar-refractivity contribution in [3.63, 3.8) is 0 Å². The summed E-state index contributed by atoms with van der Waals surface area (Å²) >= 11 is 5.68. The van der Waals surface area contributed by atoms with E-state index in [0.717, 1.165) is 6.54 Å². The molecule has 0 aliphatic heterocycles. The molecule has 0 spiro atoms. The maximum atomic E-state index is 13.6. The smallest absolute Gasteiger partial charge is 0.144 e. The first-order valence-corrected chi connectivity index (χ1v) is 5.60. The quantitative estimate of drug-likeness (QED) is 0.909. The van der Waals surface area contributed by atoms with Crippen LogP contribution in [-0.2, 0) is 0 Å². The van der Waals surface area contributed by atoms with E-state index in [4.69, 9.17) is 11.6 Å². The zero-order valence-electron chi connectivity index (χ0n) is 9.24. The Morgan fingerprint density at radius 1 is 1.29 bits per heavy atom. The van der Waals surface area contributed by atoms with E-state index in [1.165, 1.54) is 12.3 Å². The number of halogens is 2. The molecule has 0 atom stereocenters. The van der Waals surface area contributed by atoms with Crippen LogP contribution in [0.15, 0.2) is 30.6 Å². The van der Waals surface area contributed by atoms with Crippen molar-refractivity contribution in [2.24, 2.45) is 0 Å². The molecule has 1 heterocycles. The predicted octanol–water partition coefficient (Wildman–Crippen LogP) is 3.37. The molecule has 0 saturated carbocycles. The van der Waals surface area contributed by atoms with Gasteiger partial charge in [-0.25, -0.2) is 9.37 Å². The molecule has 0 aliphatic carbocycles. The Bertz CT molecular complexity index is 514. The van der Waals surface area contributed by atoms with E-state index < -0.39 is 5.82 Å². The molecule has 0 aliphatic rings. The van der Waals surface area contributed by atoms with Gasteiger partial charge in [-0.15, -0.1) is 0 Å². The highest BCUT2D eigenvalue weighted by molar-refractivity contribution is 6.30. The fourth-order valence-corrected chi connectivity index (χ4v) is 1.60. The van der Waals surface area contributed by atoms with Gasteiger partial charge in [-0.1, -0.05) is 11.6 Å². The fraction of sp³-hybridized carbons (Fsp3) is 0.167. The van der Waals surface area contributed by atoms with Gasteiger partial charge in [0.15, 0.2) is 0 Å². The lowest BCUT2D eigenvalue weighted by Crippen LogP contribution is -2.00. The summed E-state index contributed by atoms with van der Waals surface area (Å²) in [6, 6.07) is 4.48. The molecule has 1 aromatic heterocycles. The van der Waals surface area contributed by atoms with Gasteiger partial charge in [0, 0.05) is 17.1 Å². The Morgan fingerprint density at radius 3 is 2.71 bits per heavy atom. The fourth-order valence-electron chi connectivity index (χ4n) is 1.44. The van der Waals surface area contributed by atoms with E-state index in [2.05, 4.69) is 15.3 Å². The molecule has 88 valence electrons. The van der Waals surface area contributed by atoms with E-state index in [-0.39, 0.29) is 0 Å². The first-order valence-electron chi connectivity index (χ1n) is 5.22. The number of hydrogen-bond acceptors (Lipinski definition) is 3. The predicted molar refractivity (Wildman–Crippen MR) is 66.6 cm³/mol. The van der Waals surface area contributed by atoms with Gasteiger partial charge in [0.05, 0.1) is 18.1 Å². The van der Waals surface area contributed by atoms with Gasteiger partial charge in [0.1, 0.15) is 11.6 Å². The van der Waals surface area contributed by atoms with Crippen LogP contribution in [0, 0.1) is 5.82 Å². The Hall–Kier alpha value is -1.68. The molecule has 0 amide bonds. The zero-order chi connectivity index (χ0) is 12.3. The number of hydrogen-bond donors (Lipinski definition) is 1. The van der Waals surface area contributed by atoms with Crippen LogP contribution in [0.4, 0.5) is 10.2 Å². The average molecular weight is 252 g/mol. The molecule has 2 aromatic rings. The summed E-state index contributed by atoms with van der Waals surface area (Å²) in [6.45, 7) is 2.73. The van der Waals surface area contributed by atoms with Crippen LogP contribution in [-0.4, -0.2) is 16.5 Å².